The maximum Gasteiger partial charge on any atom is 0.451 e. The number of hydrogen-bond donors (Lipinski definition) is 0. The van der Waals surface area contributed by atoms with Gasteiger partial charge < -0.3 is 14.2 Å². The number of rotatable bonds is 8. The van der Waals surface area contributed by atoms with E-state index in [1.165, 1.54) is 0 Å². The second-order valence-electron chi connectivity index (χ2n) is 8.81. The highest BCUT2D eigenvalue weighted by Crippen LogP contribution is 2.37. The van der Waals surface area contributed by atoms with E-state index in [1.807, 2.05) is 6.92 Å². The van der Waals surface area contributed by atoms with Crippen LogP contribution >= 0.6 is 0 Å². The van der Waals surface area contributed by atoms with Gasteiger partial charge in [-0.2, -0.15) is 13.2 Å². The molecular formula is C26H22F8O3. The Balaban J connectivity index is 1.54. The molecule has 3 aromatic carbocycles. The first-order chi connectivity index (χ1) is 17.5. The van der Waals surface area contributed by atoms with Gasteiger partial charge in [0.1, 0.15) is 5.82 Å². The van der Waals surface area contributed by atoms with Crippen molar-refractivity contribution in [1.29, 1.82) is 0 Å². The molecule has 0 spiro atoms. The average Bonchev–Trinajstić information content (AvgIpc) is 2.85. The number of unbranched alkanes of at least 4 members (excludes halogenated alkanes) is 2. The third-order valence-corrected chi connectivity index (χ3v) is 6.09. The SMILES string of the molecule is CCCCCC1COC(C(F)(F)Oc2ccc(-c3cc(F)c4c(F)c(F)c(F)cc4c3)c(F)c2F)OC1. The molecule has 0 aromatic heterocycles. The van der Waals surface area contributed by atoms with Gasteiger partial charge in [0.15, 0.2) is 29.0 Å². The average molecular weight is 534 g/mol. The molecule has 3 aromatic rings. The van der Waals surface area contributed by atoms with E-state index in [-0.39, 0.29) is 24.7 Å². The first-order valence-electron chi connectivity index (χ1n) is 11.6. The smallest absolute Gasteiger partial charge is 0.426 e. The van der Waals surface area contributed by atoms with Crippen LogP contribution in [0.3, 0.4) is 0 Å². The molecule has 1 saturated heterocycles. The van der Waals surface area contributed by atoms with E-state index >= 15 is 0 Å². The summed E-state index contributed by atoms with van der Waals surface area (Å²) >= 11 is 0. The number of ether oxygens (including phenoxy) is 3. The van der Waals surface area contributed by atoms with Gasteiger partial charge in [-0.3, -0.25) is 0 Å². The van der Waals surface area contributed by atoms with Crippen LogP contribution in [0.25, 0.3) is 21.9 Å². The summed E-state index contributed by atoms with van der Waals surface area (Å²) in [6.07, 6.45) is -2.70. The Hall–Kier alpha value is -2.92. The van der Waals surface area contributed by atoms with Gasteiger partial charge in [0.05, 0.1) is 18.6 Å². The number of fused-ring (bicyclic) bond motifs is 1. The van der Waals surface area contributed by atoms with Gasteiger partial charge in [0.25, 0.3) is 6.29 Å². The van der Waals surface area contributed by atoms with Crippen molar-refractivity contribution in [3.8, 4) is 16.9 Å². The lowest BCUT2D eigenvalue weighted by Crippen LogP contribution is -2.47. The van der Waals surface area contributed by atoms with Crippen LogP contribution in [-0.4, -0.2) is 25.6 Å². The Bertz CT molecular complexity index is 1290. The first kappa shape index (κ1) is 27.1. The van der Waals surface area contributed by atoms with Crippen molar-refractivity contribution in [1.82, 2.24) is 0 Å². The Kier molecular flexibility index (Phi) is 7.94. The highest BCUT2D eigenvalue weighted by Gasteiger charge is 2.48. The lowest BCUT2D eigenvalue weighted by atomic mass is 9.99. The summed E-state index contributed by atoms with van der Waals surface area (Å²) < 4.78 is 129. The van der Waals surface area contributed by atoms with Gasteiger partial charge >= 0.3 is 6.11 Å². The maximum absolute atomic E-state index is 14.8. The Morgan fingerprint density at radius 2 is 1.54 bits per heavy atom. The van der Waals surface area contributed by atoms with E-state index < -0.39 is 69.4 Å². The molecule has 1 heterocycles. The van der Waals surface area contributed by atoms with Crippen molar-refractivity contribution in [2.24, 2.45) is 5.92 Å². The molecule has 0 aliphatic carbocycles. The minimum atomic E-state index is -4.17. The summed E-state index contributed by atoms with van der Waals surface area (Å²) in [7, 11) is 0. The van der Waals surface area contributed by atoms with Gasteiger partial charge in [-0.25, -0.2) is 22.0 Å². The normalized spacial score (nSPS) is 18.4. The predicted octanol–water partition coefficient (Wildman–Crippen LogP) is 7.88. The van der Waals surface area contributed by atoms with Crippen molar-refractivity contribution in [3.05, 3.63) is 65.2 Å². The van der Waals surface area contributed by atoms with Crippen LogP contribution in [0, 0.1) is 40.8 Å². The van der Waals surface area contributed by atoms with E-state index in [4.69, 9.17) is 9.47 Å². The molecule has 1 aliphatic heterocycles. The Labute approximate surface area is 206 Å². The first-order valence-corrected chi connectivity index (χ1v) is 11.6. The van der Waals surface area contributed by atoms with Crippen LogP contribution in [0.5, 0.6) is 5.75 Å². The van der Waals surface area contributed by atoms with E-state index in [0.717, 1.165) is 37.8 Å². The summed E-state index contributed by atoms with van der Waals surface area (Å²) in [5.41, 5.74) is -0.989. The number of benzene rings is 3. The third-order valence-electron chi connectivity index (χ3n) is 6.09. The molecule has 1 fully saturated rings. The van der Waals surface area contributed by atoms with Crippen LogP contribution in [0.1, 0.15) is 32.6 Å². The minimum Gasteiger partial charge on any atom is -0.426 e. The van der Waals surface area contributed by atoms with Crippen molar-refractivity contribution < 1.29 is 49.3 Å². The molecule has 37 heavy (non-hydrogen) atoms. The van der Waals surface area contributed by atoms with Crippen LogP contribution < -0.4 is 4.74 Å². The molecule has 0 unspecified atom stereocenters. The zero-order valence-electron chi connectivity index (χ0n) is 19.5. The van der Waals surface area contributed by atoms with Crippen molar-refractivity contribution in [2.75, 3.05) is 13.2 Å². The van der Waals surface area contributed by atoms with Crippen LogP contribution in [-0.2, 0) is 9.47 Å². The van der Waals surface area contributed by atoms with Gasteiger partial charge in [0.2, 0.25) is 5.82 Å². The fourth-order valence-electron chi connectivity index (χ4n) is 4.16. The fraction of sp³-hybridized carbons (Fsp3) is 0.385. The molecule has 4 rings (SSSR count). The topological polar surface area (TPSA) is 27.7 Å². The number of alkyl halides is 2. The fourth-order valence-corrected chi connectivity index (χ4v) is 4.16. The Morgan fingerprint density at radius 1 is 0.838 bits per heavy atom. The largest absolute Gasteiger partial charge is 0.451 e. The quantitative estimate of drug-likeness (QED) is 0.167. The highest BCUT2D eigenvalue weighted by molar-refractivity contribution is 5.88. The molecule has 0 saturated carbocycles. The summed E-state index contributed by atoms with van der Waals surface area (Å²) in [5.74, 6) is -11.4. The van der Waals surface area contributed by atoms with E-state index in [2.05, 4.69) is 4.74 Å². The zero-order valence-corrected chi connectivity index (χ0v) is 19.5. The van der Waals surface area contributed by atoms with Crippen LogP contribution in [0.2, 0.25) is 0 Å². The van der Waals surface area contributed by atoms with Crippen molar-refractivity contribution in [2.45, 2.75) is 45.0 Å². The molecule has 0 radical (unpaired) electrons. The monoisotopic (exact) mass is 534 g/mol. The van der Waals surface area contributed by atoms with Gasteiger partial charge in [-0.1, -0.05) is 26.2 Å². The van der Waals surface area contributed by atoms with E-state index in [0.29, 0.717) is 18.2 Å². The molecule has 0 N–H and O–H groups in total. The minimum absolute atomic E-state index is 0.0122. The molecule has 0 bridgehead atoms. The predicted molar refractivity (Wildman–Crippen MR) is 118 cm³/mol. The van der Waals surface area contributed by atoms with Crippen LogP contribution in [0.4, 0.5) is 35.1 Å². The van der Waals surface area contributed by atoms with Crippen LogP contribution in [0.15, 0.2) is 30.3 Å². The third kappa shape index (κ3) is 5.52. The summed E-state index contributed by atoms with van der Waals surface area (Å²) in [5, 5.41) is -1.35. The molecule has 1 aliphatic rings. The van der Waals surface area contributed by atoms with Crippen molar-refractivity contribution in [3.63, 3.8) is 0 Å². The van der Waals surface area contributed by atoms with Gasteiger partial charge in [0, 0.05) is 11.5 Å². The number of hydrogen-bond acceptors (Lipinski definition) is 3. The van der Waals surface area contributed by atoms with Gasteiger partial charge in [-0.05, 0) is 47.7 Å². The zero-order chi connectivity index (χ0) is 26.9. The maximum atomic E-state index is 14.8. The molecule has 0 amide bonds. The van der Waals surface area contributed by atoms with Gasteiger partial charge in [-0.15, -0.1) is 0 Å². The lowest BCUT2D eigenvalue weighted by molar-refractivity contribution is -0.352. The number of halogens is 8. The molecule has 11 heteroatoms. The molecule has 3 nitrogen and oxygen atoms in total. The Morgan fingerprint density at radius 3 is 2.22 bits per heavy atom. The van der Waals surface area contributed by atoms with Crippen molar-refractivity contribution >= 4 is 10.8 Å². The highest BCUT2D eigenvalue weighted by atomic mass is 19.3. The van der Waals surface area contributed by atoms with E-state index in [9.17, 15) is 35.1 Å². The molecule has 0 atom stereocenters. The summed E-state index contributed by atoms with van der Waals surface area (Å²) in [6, 6.07) is 3.48. The standard InChI is InChI=1S/C26H22F8O3/c1-2-3-4-5-13-11-35-25(36-12-13)26(33,34)37-19-7-6-16(21(29)23(19)31)14-8-15-10-18(28)22(30)24(32)20(15)17(27)9-14/h6-10,13,25H,2-5,11-12H2,1H3. The summed E-state index contributed by atoms with van der Waals surface area (Å²) in [4.78, 5) is 0. The second-order valence-corrected chi connectivity index (χ2v) is 8.81. The van der Waals surface area contributed by atoms with E-state index in [1.54, 1.807) is 0 Å². The molecule has 200 valence electrons. The molecular weight excluding hydrogens is 512 g/mol. The lowest BCUT2D eigenvalue weighted by Gasteiger charge is -2.33. The second kappa shape index (κ2) is 10.8. The summed E-state index contributed by atoms with van der Waals surface area (Å²) in [6.45, 7) is 2.00.